The second-order valence-electron chi connectivity index (χ2n) is 6.99. The highest BCUT2D eigenvalue weighted by atomic mass is 35.5. The van der Waals surface area contributed by atoms with E-state index in [4.69, 9.17) is 11.6 Å². The summed E-state index contributed by atoms with van der Waals surface area (Å²) in [4.78, 5) is 36.5. The van der Waals surface area contributed by atoms with Crippen LogP contribution in [0.3, 0.4) is 0 Å². The van der Waals surface area contributed by atoms with E-state index in [0.717, 1.165) is 24.0 Å². The van der Waals surface area contributed by atoms with Crippen LogP contribution in [0.1, 0.15) is 34.5 Å². The molecule has 3 amide bonds. The van der Waals surface area contributed by atoms with Crippen LogP contribution >= 0.6 is 11.6 Å². The molecule has 0 bridgehead atoms. The maximum Gasteiger partial charge on any atom is 0.317 e. The lowest BCUT2D eigenvalue weighted by molar-refractivity contribution is 0.0630. The number of hydrogen-bond donors (Lipinski definition) is 1. The Kier molecular flexibility index (Phi) is 6.46. The van der Waals surface area contributed by atoms with Gasteiger partial charge in [-0.2, -0.15) is 0 Å². The average Bonchev–Trinajstić information content (AvgIpc) is 2.74. The molecule has 1 saturated heterocycles. The van der Waals surface area contributed by atoms with Crippen molar-refractivity contribution in [1.29, 1.82) is 0 Å². The molecule has 1 aromatic heterocycles. The fourth-order valence-electron chi connectivity index (χ4n) is 3.32. The van der Waals surface area contributed by atoms with Crippen molar-refractivity contribution < 1.29 is 9.59 Å². The molecule has 0 spiro atoms. The van der Waals surface area contributed by atoms with Gasteiger partial charge >= 0.3 is 6.03 Å². The van der Waals surface area contributed by atoms with E-state index < -0.39 is 0 Å². The van der Waals surface area contributed by atoms with Gasteiger partial charge in [-0.15, -0.1) is 0 Å². The summed E-state index contributed by atoms with van der Waals surface area (Å²) in [5.41, 5.74) is 2.35. The number of rotatable bonds is 4. The minimum atomic E-state index is -0.158. The highest BCUT2D eigenvalue weighted by Crippen LogP contribution is 2.18. The Labute approximate surface area is 169 Å². The molecule has 1 aliphatic rings. The normalized spacial score (nSPS) is 16.5. The fourth-order valence-corrected chi connectivity index (χ4v) is 3.44. The standard InChI is InChI=1S/C20H24ClN5O2/c1-14-10-15(5-6-17(14)21)11-23-20(28)25(2)16-4-3-9-26(12-16)19(27)18-7-8-22-13-24-18/h5-8,10,13,16H,3-4,9,11-12H2,1-2H3,(H,23,28)/t16-/m1/s1. The molecule has 0 radical (unpaired) electrons. The Morgan fingerprint density at radius 1 is 1.36 bits per heavy atom. The van der Waals surface area contributed by atoms with Crippen molar-refractivity contribution in [2.45, 2.75) is 32.4 Å². The van der Waals surface area contributed by atoms with Crippen molar-refractivity contribution in [3.63, 3.8) is 0 Å². The number of likely N-dealkylation sites (N-methyl/N-ethyl adjacent to an activating group) is 1. The molecule has 1 aliphatic heterocycles. The molecule has 2 aromatic rings. The molecular formula is C20H24ClN5O2. The second kappa shape index (κ2) is 9.01. The van der Waals surface area contributed by atoms with Gasteiger partial charge in [0, 0.05) is 37.9 Å². The summed E-state index contributed by atoms with van der Waals surface area (Å²) in [6, 6.07) is 7.11. The Morgan fingerprint density at radius 3 is 2.89 bits per heavy atom. The average molecular weight is 402 g/mol. The number of benzene rings is 1. The summed E-state index contributed by atoms with van der Waals surface area (Å²) in [7, 11) is 1.77. The van der Waals surface area contributed by atoms with E-state index in [1.807, 2.05) is 25.1 Å². The van der Waals surface area contributed by atoms with Crippen molar-refractivity contribution in [3.8, 4) is 0 Å². The number of aromatic nitrogens is 2. The predicted molar refractivity (Wildman–Crippen MR) is 107 cm³/mol. The zero-order chi connectivity index (χ0) is 20.1. The van der Waals surface area contributed by atoms with E-state index in [-0.39, 0.29) is 18.0 Å². The van der Waals surface area contributed by atoms with Crippen LogP contribution in [0.5, 0.6) is 0 Å². The van der Waals surface area contributed by atoms with E-state index in [2.05, 4.69) is 15.3 Å². The van der Waals surface area contributed by atoms with Crippen molar-refractivity contribution >= 4 is 23.5 Å². The molecule has 1 atom stereocenters. The van der Waals surface area contributed by atoms with Gasteiger partial charge in [0.15, 0.2) is 0 Å². The van der Waals surface area contributed by atoms with Gasteiger partial charge in [0.25, 0.3) is 5.91 Å². The number of piperidine rings is 1. The number of halogens is 1. The van der Waals surface area contributed by atoms with Crippen LogP contribution in [0.25, 0.3) is 0 Å². The van der Waals surface area contributed by atoms with Gasteiger partial charge in [0.1, 0.15) is 12.0 Å². The topological polar surface area (TPSA) is 78.4 Å². The molecule has 2 heterocycles. The number of aryl methyl sites for hydroxylation is 1. The summed E-state index contributed by atoms with van der Waals surface area (Å²) in [6.07, 6.45) is 4.62. The van der Waals surface area contributed by atoms with Crippen LogP contribution in [0.4, 0.5) is 4.79 Å². The van der Waals surface area contributed by atoms with E-state index in [1.54, 1.807) is 29.1 Å². The molecule has 0 unspecified atom stereocenters. The molecule has 1 fully saturated rings. The zero-order valence-electron chi connectivity index (χ0n) is 16.1. The quantitative estimate of drug-likeness (QED) is 0.854. The highest BCUT2D eigenvalue weighted by molar-refractivity contribution is 6.31. The molecule has 3 rings (SSSR count). The highest BCUT2D eigenvalue weighted by Gasteiger charge is 2.29. The molecule has 1 N–H and O–H groups in total. The largest absolute Gasteiger partial charge is 0.335 e. The van der Waals surface area contributed by atoms with E-state index in [0.29, 0.717) is 30.4 Å². The van der Waals surface area contributed by atoms with E-state index >= 15 is 0 Å². The van der Waals surface area contributed by atoms with Gasteiger partial charge in [-0.25, -0.2) is 14.8 Å². The van der Waals surface area contributed by atoms with Crippen LogP contribution in [-0.2, 0) is 6.54 Å². The van der Waals surface area contributed by atoms with Gasteiger partial charge in [-0.05, 0) is 43.0 Å². The van der Waals surface area contributed by atoms with Gasteiger partial charge in [-0.3, -0.25) is 4.79 Å². The monoisotopic (exact) mass is 401 g/mol. The van der Waals surface area contributed by atoms with Crippen LogP contribution < -0.4 is 5.32 Å². The fraction of sp³-hybridized carbons (Fsp3) is 0.400. The lowest BCUT2D eigenvalue weighted by atomic mass is 10.0. The Morgan fingerprint density at radius 2 is 2.18 bits per heavy atom. The lowest BCUT2D eigenvalue weighted by Crippen LogP contribution is -2.52. The molecule has 0 saturated carbocycles. The summed E-state index contributed by atoms with van der Waals surface area (Å²) >= 11 is 6.04. The van der Waals surface area contributed by atoms with Crippen molar-refractivity contribution in [3.05, 3.63) is 58.6 Å². The zero-order valence-corrected chi connectivity index (χ0v) is 16.8. The van der Waals surface area contributed by atoms with Crippen LogP contribution in [0, 0.1) is 6.92 Å². The lowest BCUT2D eigenvalue weighted by Gasteiger charge is -2.37. The number of urea groups is 1. The number of carbonyl (C=O) groups is 2. The Balaban J connectivity index is 1.56. The Hall–Kier alpha value is -2.67. The molecule has 0 aliphatic carbocycles. The van der Waals surface area contributed by atoms with Crippen LogP contribution in [-0.4, -0.2) is 57.9 Å². The predicted octanol–water partition coefficient (Wildman–Crippen LogP) is 2.88. The first-order valence-corrected chi connectivity index (χ1v) is 9.64. The number of likely N-dealkylation sites (tertiary alicyclic amines) is 1. The van der Waals surface area contributed by atoms with E-state index in [9.17, 15) is 9.59 Å². The number of hydrogen-bond acceptors (Lipinski definition) is 4. The first-order chi connectivity index (χ1) is 13.5. The third-order valence-electron chi connectivity index (χ3n) is 5.02. The molecule has 28 heavy (non-hydrogen) atoms. The minimum Gasteiger partial charge on any atom is -0.335 e. The summed E-state index contributed by atoms with van der Waals surface area (Å²) in [6.45, 7) is 3.52. The molecule has 148 valence electrons. The minimum absolute atomic E-state index is 0.0357. The van der Waals surface area contributed by atoms with Gasteiger partial charge in [0.2, 0.25) is 0 Å². The van der Waals surface area contributed by atoms with Crippen molar-refractivity contribution in [1.82, 2.24) is 25.1 Å². The second-order valence-corrected chi connectivity index (χ2v) is 7.40. The summed E-state index contributed by atoms with van der Waals surface area (Å²) in [5.74, 6) is -0.127. The molecule has 7 nitrogen and oxygen atoms in total. The third kappa shape index (κ3) is 4.78. The van der Waals surface area contributed by atoms with Crippen molar-refractivity contribution in [2.75, 3.05) is 20.1 Å². The number of amides is 3. The van der Waals surface area contributed by atoms with Gasteiger partial charge in [-0.1, -0.05) is 23.7 Å². The van der Waals surface area contributed by atoms with Crippen molar-refractivity contribution in [2.24, 2.45) is 0 Å². The maximum atomic E-state index is 12.6. The molecular weight excluding hydrogens is 378 g/mol. The number of nitrogens with zero attached hydrogens (tertiary/aromatic N) is 4. The van der Waals surface area contributed by atoms with Gasteiger partial charge in [0.05, 0.1) is 6.04 Å². The number of nitrogens with one attached hydrogen (secondary N) is 1. The first kappa shape index (κ1) is 20.1. The van der Waals surface area contributed by atoms with Crippen LogP contribution in [0.15, 0.2) is 36.8 Å². The Bertz CT molecular complexity index is 846. The van der Waals surface area contributed by atoms with Crippen LogP contribution in [0.2, 0.25) is 5.02 Å². The smallest absolute Gasteiger partial charge is 0.317 e. The SMILES string of the molecule is Cc1cc(CNC(=O)N(C)[C@@H]2CCCN(C(=O)c3ccncn3)C2)ccc1Cl. The third-order valence-corrected chi connectivity index (χ3v) is 5.44. The molecule has 1 aromatic carbocycles. The summed E-state index contributed by atoms with van der Waals surface area (Å²) < 4.78 is 0. The molecule has 8 heteroatoms. The number of carbonyl (C=O) groups excluding carboxylic acids is 2. The maximum absolute atomic E-state index is 12.6. The van der Waals surface area contributed by atoms with Gasteiger partial charge < -0.3 is 15.1 Å². The first-order valence-electron chi connectivity index (χ1n) is 9.26. The summed E-state index contributed by atoms with van der Waals surface area (Å²) in [5, 5.41) is 3.65. The van der Waals surface area contributed by atoms with E-state index in [1.165, 1.54) is 6.33 Å².